The molecule has 4 rings (SSSR count). The first-order valence-electron chi connectivity index (χ1n) is 9.54. The van der Waals surface area contributed by atoms with Crippen LogP contribution in [0.25, 0.3) is 22.2 Å². The Bertz CT molecular complexity index is 1340. The second kappa shape index (κ2) is 8.64. The molecular formula is C22H21N3O5S2. The number of anilines is 1. The van der Waals surface area contributed by atoms with E-state index in [1.807, 2.05) is 31.2 Å². The summed E-state index contributed by atoms with van der Waals surface area (Å²) in [7, 11) is 0.545. The molecule has 2 aromatic carbocycles. The summed E-state index contributed by atoms with van der Waals surface area (Å²) in [5, 5.41) is 5.71. The lowest BCUT2D eigenvalue weighted by Crippen LogP contribution is -2.26. The molecule has 4 aromatic rings. The standard InChI is InChI=1S/C22H21N3O5S2/c1-14-6-5-7-15(10-14)21-23-22(30-24-21)20-19(8-9-31-20)32(26,27)25(2)16-11-17(28-3)13-18(12-16)29-4/h5-13H,1-4H3. The van der Waals surface area contributed by atoms with Crippen LogP contribution in [0.5, 0.6) is 11.5 Å². The first kappa shape index (κ1) is 21.8. The molecule has 0 N–H and O–H groups in total. The van der Waals surface area contributed by atoms with Crippen LogP contribution in [0, 0.1) is 6.92 Å². The molecule has 0 saturated heterocycles. The number of sulfonamides is 1. The molecule has 2 aromatic heterocycles. The van der Waals surface area contributed by atoms with Gasteiger partial charge >= 0.3 is 0 Å². The van der Waals surface area contributed by atoms with E-state index in [1.54, 1.807) is 23.6 Å². The van der Waals surface area contributed by atoms with Crippen LogP contribution in [0.4, 0.5) is 5.69 Å². The van der Waals surface area contributed by atoms with E-state index >= 15 is 0 Å². The molecule has 0 aliphatic rings. The van der Waals surface area contributed by atoms with E-state index in [9.17, 15) is 8.42 Å². The van der Waals surface area contributed by atoms with Crippen molar-refractivity contribution in [1.82, 2.24) is 10.1 Å². The average Bonchev–Trinajstić information content (AvgIpc) is 3.48. The second-order valence-electron chi connectivity index (χ2n) is 6.95. The van der Waals surface area contributed by atoms with Crippen molar-refractivity contribution in [2.45, 2.75) is 11.8 Å². The van der Waals surface area contributed by atoms with Gasteiger partial charge in [0, 0.05) is 30.8 Å². The monoisotopic (exact) mass is 471 g/mol. The van der Waals surface area contributed by atoms with Gasteiger partial charge in [-0.1, -0.05) is 28.9 Å². The zero-order valence-electron chi connectivity index (χ0n) is 17.9. The predicted molar refractivity (Wildman–Crippen MR) is 123 cm³/mol. The number of aromatic nitrogens is 2. The average molecular weight is 472 g/mol. The number of aryl methyl sites for hydroxylation is 1. The summed E-state index contributed by atoms with van der Waals surface area (Å²) in [5.41, 5.74) is 2.24. The van der Waals surface area contributed by atoms with E-state index in [4.69, 9.17) is 14.0 Å². The van der Waals surface area contributed by atoms with Crippen LogP contribution in [0.15, 0.2) is 63.3 Å². The lowest BCUT2D eigenvalue weighted by atomic mass is 10.1. The Morgan fingerprint density at radius 2 is 1.75 bits per heavy atom. The maximum Gasteiger partial charge on any atom is 0.269 e. The van der Waals surface area contributed by atoms with E-state index in [0.717, 1.165) is 11.1 Å². The van der Waals surface area contributed by atoms with E-state index < -0.39 is 10.0 Å². The molecule has 0 saturated carbocycles. The van der Waals surface area contributed by atoms with Crippen molar-refractivity contribution in [3.05, 3.63) is 59.5 Å². The van der Waals surface area contributed by atoms with Crippen molar-refractivity contribution in [1.29, 1.82) is 0 Å². The number of hydrogen-bond donors (Lipinski definition) is 0. The Kier molecular flexibility index (Phi) is 5.90. The molecule has 0 radical (unpaired) electrons. The van der Waals surface area contributed by atoms with Gasteiger partial charge in [-0.05, 0) is 24.4 Å². The number of hydrogen-bond acceptors (Lipinski definition) is 8. The van der Waals surface area contributed by atoms with Crippen LogP contribution in [-0.4, -0.2) is 39.8 Å². The fourth-order valence-corrected chi connectivity index (χ4v) is 5.63. The third kappa shape index (κ3) is 4.06. The molecule has 0 aliphatic carbocycles. The van der Waals surface area contributed by atoms with Gasteiger partial charge in [0.15, 0.2) is 0 Å². The summed E-state index contributed by atoms with van der Waals surface area (Å²) in [4.78, 5) is 4.88. The predicted octanol–water partition coefficient (Wildman–Crippen LogP) is 4.62. The molecule has 0 atom stereocenters. The van der Waals surface area contributed by atoms with Gasteiger partial charge in [-0.3, -0.25) is 4.31 Å². The van der Waals surface area contributed by atoms with Gasteiger partial charge in [-0.2, -0.15) is 4.98 Å². The molecule has 0 bridgehead atoms. The zero-order valence-corrected chi connectivity index (χ0v) is 19.5. The molecule has 0 unspecified atom stereocenters. The molecular weight excluding hydrogens is 450 g/mol. The van der Waals surface area contributed by atoms with Crippen LogP contribution in [-0.2, 0) is 10.0 Å². The number of benzene rings is 2. The minimum atomic E-state index is -3.93. The van der Waals surface area contributed by atoms with Gasteiger partial charge in [0.25, 0.3) is 15.9 Å². The van der Waals surface area contributed by atoms with Crippen LogP contribution >= 0.6 is 11.3 Å². The summed E-state index contributed by atoms with van der Waals surface area (Å²) in [6.45, 7) is 1.97. The third-order valence-electron chi connectivity index (χ3n) is 4.86. The third-order valence-corrected chi connectivity index (χ3v) is 7.72. The molecule has 8 nitrogen and oxygen atoms in total. The Morgan fingerprint density at radius 3 is 2.41 bits per heavy atom. The Labute approximate surface area is 190 Å². The van der Waals surface area contributed by atoms with E-state index in [2.05, 4.69) is 10.1 Å². The Morgan fingerprint density at radius 1 is 1.03 bits per heavy atom. The van der Waals surface area contributed by atoms with Crippen molar-refractivity contribution in [3.8, 4) is 33.7 Å². The SMILES string of the molecule is COc1cc(OC)cc(N(C)S(=O)(=O)c2ccsc2-c2nc(-c3cccc(C)c3)no2)c1. The first-order valence-corrected chi connectivity index (χ1v) is 11.9. The van der Waals surface area contributed by atoms with E-state index in [0.29, 0.717) is 27.9 Å². The first-order chi connectivity index (χ1) is 15.3. The smallest absolute Gasteiger partial charge is 0.269 e. The number of thiophene rings is 1. The fourth-order valence-electron chi connectivity index (χ4n) is 3.13. The van der Waals surface area contributed by atoms with Gasteiger partial charge in [0.05, 0.1) is 19.9 Å². The highest BCUT2D eigenvalue weighted by atomic mass is 32.2. The molecule has 32 heavy (non-hydrogen) atoms. The summed E-state index contributed by atoms with van der Waals surface area (Å²) >= 11 is 1.22. The van der Waals surface area contributed by atoms with Gasteiger partial charge in [0.2, 0.25) is 5.82 Å². The summed E-state index contributed by atoms with van der Waals surface area (Å²) in [6, 6.07) is 14.1. The molecule has 0 amide bonds. The quantitative estimate of drug-likeness (QED) is 0.388. The van der Waals surface area contributed by atoms with E-state index in [1.165, 1.54) is 43.0 Å². The molecule has 0 fully saturated rings. The van der Waals surface area contributed by atoms with Crippen LogP contribution < -0.4 is 13.8 Å². The zero-order chi connectivity index (χ0) is 22.9. The van der Waals surface area contributed by atoms with Crippen LogP contribution in [0.1, 0.15) is 5.56 Å². The number of ether oxygens (including phenoxy) is 2. The lowest BCUT2D eigenvalue weighted by molar-refractivity contribution is 0.394. The van der Waals surface area contributed by atoms with Gasteiger partial charge < -0.3 is 14.0 Å². The summed E-state index contributed by atoms with van der Waals surface area (Å²) in [5.74, 6) is 1.50. The molecule has 2 heterocycles. The maximum absolute atomic E-state index is 13.5. The van der Waals surface area contributed by atoms with E-state index in [-0.39, 0.29) is 10.8 Å². The normalized spacial score (nSPS) is 11.4. The Balaban J connectivity index is 1.72. The number of methoxy groups -OCH3 is 2. The number of nitrogens with zero attached hydrogens (tertiary/aromatic N) is 3. The summed E-state index contributed by atoms with van der Waals surface area (Å²) in [6.07, 6.45) is 0. The highest BCUT2D eigenvalue weighted by Gasteiger charge is 2.29. The minimum absolute atomic E-state index is 0.0752. The van der Waals surface area contributed by atoms with Crippen molar-refractivity contribution >= 4 is 27.0 Å². The molecule has 0 aliphatic heterocycles. The van der Waals surface area contributed by atoms with Crippen LogP contribution in [0.2, 0.25) is 0 Å². The highest BCUT2D eigenvalue weighted by molar-refractivity contribution is 7.93. The van der Waals surface area contributed by atoms with Gasteiger partial charge in [-0.25, -0.2) is 8.42 Å². The lowest BCUT2D eigenvalue weighted by Gasteiger charge is -2.20. The maximum atomic E-state index is 13.5. The van der Waals surface area contributed by atoms with Crippen molar-refractivity contribution < 1.29 is 22.4 Å². The minimum Gasteiger partial charge on any atom is -0.497 e. The fraction of sp³-hybridized carbons (Fsp3) is 0.182. The second-order valence-corrected chi connectivity index (χ2v) is 9.80. The van der Waals surface area contributed by atoms with Crippen molar-refractivity contribution in [2.24, 2.45) is 0 Å². The van der Waals surface area contributed by atoms with Gasteiger partial charge in [0.1, 0.15) is 21.3 Å². The van der Waals surface area contributed by atoms with Gasteiger partial charge in [-0.15, -0.1) is 11.3 Å². The largest absolute Gasteiger partial charge is 0.497 e. The van der Waals surface area contributed by atoms with Crippen LogP contribution in [0.3, 0.4) is 0 Å². The molecule has 10 heteroatoms. The molecule has 0 spiro atoms. The summed E-state index contributed by atoms with van der Waals surface area (Å²) < 4.78 is 44.1. The number of rotatable bonds is 7. The molecule has 166 valence electrons. The Hall–Kier alpha value is -3.37. The van der Waals surface area contributed by atoms with Crippen molar-refractivity contribution in [2.75, 3.05) is 25.6 Å². The highest BCUT2D eigenvalue weighted by Crippen LogP contribution is 2.37. The van der Waals surface area contributed by atoms with Crippen molar-refractivity contribution in [3.63, 3.8) is 0 Å². The topological polar surface area (TPSA) is 94.8 Å².